The highest BCUT2D eigenvalue weighted by Gasteiger charge is 2.03. The molecule has 0 amide bonds. The first kappa shape index (κ1) is 20.8. The molecule has 0 heterocycles. The highest BCUT2D eigenvalue weighted by Crippen LogP contribution is 2.07. The summed E-state index contributed by atoms with van der Waals surface area (Å²) < 4.78 is 4.48. The van der Waals surface area contributed by atoms with E-state index in [0.717, 1.165) is 24.7 Å². The standard InChI is InChI=1S/C12H14O2.C9H8O3/c1-2-3-4-5-10-6-8-11(9-7-10)12(13)14;1-12-9(11)8-4-2-7(6-10)3-5-8/h4-9H,2-3H2,1H3,(H,13,14);2-6H,1H3/b5-4+;. The van der Waals surface area contributed by atoms with Crippen molar-refractivity contribution in [1.82, 2.24) is 0 Å². The summed E-state index contributed by atoms with van der Waals surface area (Å²) in [6.45, 7) is 2.12. The van der Waals surface area contributed by atoms with E-state index in [9.17, 15) is 14.4 Å². The molecule has 0 aromatic heterocycles. The van der Waals surface area contributed by atoms with E-state index in [-0.39, 0.29) is 0 Å². The highest BCUT2D eigenvalue weighted by atomic mass is 16.5. The Labute approximate surface area is 152 Å². The second kappa shape index (κ2) is 11.4. The fourth-order valence-electron chi connectivity index (χ4n) is 1.94. The van der Waals surface area contributed by atoms with Crippen LogP contribution in [0.1, 0.15) is 56.4 Å². The number of carbonyl (C=O) groups excluding carboxylic acids is 2. The summed E-state index contributed by atoms with van der Waals surface area (Å²) in [5.41, 5.74) is 2.37. The number of carboxylic acid groups (broad SMARTS) is 1. The lowest BCUT2D eigenvalue weighted by Gasteiger charge is -1.97. The molecular formula is C21H22O5. The van der Waals surface area contributed by atoms with Crippen molar-refractivity contribution >= 4 is 24.3 Å². The molecule has 0 saturated carbocycles. The van der Waals surface area contributed by atoms with Crippen LogP contribution >= 0.6 is 0 Å². The second-order valence-electron chi connectivity index (χ2n) is 5.35. The number of methoxy groups -OCH3 is 1. The fourth-order valence-corrected chi connectivity index (χ4v) is 1.94. The Morgan fingerprint density at radius 1 is 0.962 bits per heavy atom. The molecule has 0 unspecified atom stereocenters. The maximum Gasteiger partial charge on any atom is 0.337 e. The Balaban J connectivity index is 0.000000263. The fraction of sp³-hybridized carbons (Fsp3) is 0.190. The topological polar surface area (TPSA) is 80.7 Å². The van der Waals surface area contributed by atoms with Crippen LogP contribution in [0, 0.1) is 0 Å². The number of esters is 1. The van der Waals surface area contributed by atoms with Gasteiger partial charge in [-0.05, 0) is 36.2 Å². The molecule has 0 saturated heterocycles. The van der Waals surface area contributed by atoms with Gasteiger partial charge in [-0.3, -0.25) is 4.79 Å². The number of aldehydes is 1. The molecule has 2 rings (SSSR count). The van der Waals surface area contributed by atoms with Gasteiger partial charge in [0.2, 0.25) is 0 Å². The van der Waals surface area contributed by atoms with Crippen LogP contribution in [0.15, 0.2) is 54.6 Å². The molecule has 5 heteroatoms. The van der Waals surface area contributed by atoms with Crippen LogP contribution in [0.25, 0.3) is 6.08 Å². The van der Waals surface area contributed by atoms with Gasteiger partial charge in [0.1, 0.15) is 6.29 Å². The number of carbonyl (C=O) groups is 3. The number of hydrogen-bond acceptors (Lipinski definition) is 4. The van der Waals surface area contributed by atoms with E-state index in [0.29, 0.717) is 16.7 Å². The minimum absolute atomic E-state index is 0.331. The first-order chi connectivity index (χ1) is 12.5. The van der Waals surface area contributed by atoms with E-state index in [4.69, 9.17) is 5.11 Å². The normalized spacial score (nSPS) is 9.92. The van der Waals surface area contributed by atoms with Crippen molar-refractivity contribution in [3.05, 3.63) is 76.9 Å². The Morgan fingerprint density at radius 2 is 1.50 bits per heavy atom. The van der Waals surface area contributed by atoms with E-state index in [1.54, 1.807) is 36.4 Å². The minimum atomic E-state index is -0.880. The van der Waals surface area contributed by atoms with Crippen molar-refractivity contribution < 1.29 is 24.2 Å². The molecule has 0 atom stereocenters. The monoisotopic (exact) mass is 354 g/mol. The molecule has 5 nitrogen and oxygen atoms in total. The molecular weight excluding hydrogens is 332 g/mol. The summed E-state index contributed by atoms with van der Waals surface area (Å²) >= 11 is 0. The molecule has 0 aliphatic heterocycles. The van der Waals surface area contributed by atoms with Gasteiger partial charge in [0, 0.05) is 5.56 Å². The third kappa shape index (κ3) is 7.13. The third-order valence-electron chi connectivity index (χ3n) is 3.39. The lowest BCUT2D eigenvalue weighted by atomic mass is 10.1. The van der Waals surface area contributed by atoms with Gasteiger partial charge in [-0.15, -0.1) is 0 Å². The van der Waals surface area contributed by atoms with E-state index in [1.807, 2.05) is 18.2 Å². The average molecular weight is 354 g/mol. The molecule has 0 bridgehead atoms. The van der Waals surface area contributed by atoms with Crippen molar-refractivity contribution in [2.75, 3.05) is 7.11 Å². The zero-order chi connectivity index (χ0) is 19.4. The van der Waals surface area contributed by atoms with Crippen LogP contribution in [0.3, 0.4) is 0 Å². The summed E-state index contributed by atoms with van der Waals surface area (Å²) in [7, 11) is 1.32. The van der Waals surface area contributed by atoms with E-state index >= 15 is 0 Å². The van der Waals surface area contributed by atoms with Gasteiger partial charge in [0.15, 0.2) is 0 Å². The number of ether oxygens (including phenoxy) is 1. The van der Waals surface area contributed by atoms with Crippen LogP contribution in [0.4, 0.5) is 0 Å². The Bertz CT molecular complexity index is 743. The van der Waals surface area contributed by atoms with Crippen molar-refractivity contribution in [3.8, 4) is 0 Å². The molecule has 136 valence electrons. The minimum Gasteiger partial charge on any atom is -0.478 e. The molecule has 0 aliphatic rings. The number of unbranched alkanes of at least 4 members (excludes halogenated alkanes) is 1. The van der Waals surface area contributed by atoms with Crippen LogP contribution < -0.4 is 0 Å². The lowest BCUT2D eigenvalue weighted by molar-refractivity contribution is 0.0599. The molecule has 0 radical (unpaired) electrons. The van der Waals surface area contributed by atoms with Crippen LogP contribution in [0.2, 0.25) is 0 Å². The first-order valence-corrected chi connectivity index (χ1v) is 8.15. The smallest absolute Gasteiger partial charge is 0.337 e. The molecule has 2 aromatic carbocycles. The number of aromatic carboxylic acids is 1. The SMILES string of the molecule is CCC/C=C/c1ccc(C(=O)O)cc1.COC(=O)c1ccc(C=O)cc1. The van der Waals surface area contributed by atoms with Crippen LogP contribution in [0.5, 0.6) is 0 Å². The van der Waals surface area contributed by atoms with Gasteiger partial charge in [0.25, 0.3) is 0 Å². The zero-order valence-corrected chi connectivity index (χ0v) is 14.8. The van der Waals surface area contributed by atoms with Gasteiger partial charge >= 0.3 is 11.9 Å². The maximum atomic E-state index is 10.9. The largest absolute Gasteiger partial charge is 0.478 e. The molecule has 1 N–H and O–H groups in total. The molecule has 0 aliphatic carbocycles. The van der Waals surface area contributed by atoms with E-state index < -0.39 is 11.9 Å². The van der Waals surface area contributed by atoms with Crippen molar-refractivity contribution in [3.63, 3.8) is 0 Å². The number of hydrogen-bond donors (Lipinski definition) is 1. The van der Waals surface area contributed by atoms with Gasteiger partial charge in [-0.2, -0.15) is 0 Å². The number of rotatable bonds is 6. The molecule has 0 fully saturated rings. The maximum absolute atomic E-state index is 10.9. The Morgan fingerprint density at radius 3 is 1.96 bits per heavy atom. The summed E-state index contributed by atoms with van der Waals surface area (Å²) in [5, 5.41) is 8.67. The summed E-state index contributed by atoms with van der Waals surface area (Å²) in [4.78, 5) is 31.7. The Kier molecular flexibility index (Phi) is 9.10. The lowest BCUT2D eigenvalue weighted by Crippen LogP contribution is -2.00. The van der Waals surface area contributed by atoms with Gasteiger partial charge in [0.05, 0.1) is 18.2 Å². The second-order valence-corrected chi connectivity index (χ2v) is 5.35. The molecule has 26 heavy (non-hydrogen) atoms. The molecule has 0 spiro atoms. The van der Waals surface area contributed by atoms with E-state index in [1.165, 1.54) is 7.11 Å². The molecule has 2 aromatic rings. The predicted octanol–water partition coefficient (Wildman–Crippen LogP) is 4.48. The predicted molar refractivity (Wildman–Crippen MR) is 101 cm³/mol. The van der Waals surface area contributed by atoms with E-state index in [2.05, 4.69) is 17.7 Å². The quantitative estimate of drug-likeness (QED) is 0.611. The van der Waals surface area contributed by atoms with Crippen molar-refractivity contribution in [1.29, 1.82) is 0 Å². The first-order valence-electron chi connectivity index (χ1n) is 8.15. The zero-order valence-electron chi connectivity index (χ0n) is 14.8. The Hall–Kier alpha value is -3.21. The summed E-state index contributed by atoms with van der Waals surface area (Å²) in [6.07, 6.45) is 7.01. The van der Waals surface area contributed by atoms with Gasteiger partial charge < -0.3 is 9.84 Å². The number of carboxylic acids is 1. The summed E-state index contributed by atoms with van der Waals surface area (Å²) in [5.74, 6) is -1.28. The van der Waals surface area contributed by atoms with Crippen molar-refractivity contribution in [2.45, 2.75) is 19.8 Å². The van der Waals surface area contributed by atoms with Crippen LogP contribution in [-0.2, 0) is 4.74 Å². The van der Waals surface area contributed by atoms with Gasteiger partial charge in [-0.1, -0.05) is 49.8 Å². The summed E-state index contributed by atoms with van der Waals surface area (Å²) in [6, 6.07) is 13.1. The third-order valence-corrected chi connectivity index (χ3v) is 3.39. The average Bonchev–Trinajstić information content (AvgIpc) is 2.68. The highest BCUT2D eigenvalue weighted by molar-refractivity contribution is 5.90. The van der Waals surface area contributed by atoms with Gasteiger partial charge in [-0.25, -0.2) is 9.59 Å². The number of allylic oxidation sites excluding steroid dienone is 1. The van der Waals surface area contributed by atoms with Crippen LogP contribution in [-0.4, -0.2) is 30.4 Å². The number of benzene rings is 2. The van der Waals surface area contributed by atoms with Crippen molar-refractivity contribution in [2.24, 2.45) is 0 Å².